The molecule has 0 fully saturated rings. The Morgan fingerprint density at radius 3 is 1.30 bits per heavy atom. The lowest BCUT2D eigenvalue weighted by atomic mass is 9.33. The number of para-hydroxylation sites is 1. The van der Waals surface area contributed by atoms with Crippen molar-refractivity contribution in [1.29, 1.82) is 5.26 Å². The number of nitriles is 1. The molecule has 0 unspecified atom stereocenters. The summed E-state index contributed by atoms with van der Waals surface area (Å²) in [5, 5.41) is 12.2. The fourth-order valence-electron chi connectivity index (χ4n) is 10.2. The molecule has 7 aromatic carbocycles. The third-order valence-corrected chi connectivity index (χ3v) is 13.8. The van der Waals surface area contributed by atoms with Crippen molar-refractivity contribution in [3.8, 4) is 11.8 Å². The summed E-state index contributed by atoms with van der Waals surface area (Å²) < 4.78 is 2.41. The number of nitrogens with zero attached hydrogens (tertiary/aromatic N) is 4. The van der Waals surface area contributed by atoms with Crippen LogP contribution in [0.25, 0.3) is 27.5 Å². The largest absolute Gasteiger partial charge is 0.311 e. The molecule has 64 heavy (non-hydrogen) atoms. The Balaban J connectivity index is 1.36. The van der Waals surface area contributed by atoms with E-state index in [1.807, 2.05) is 12.1 Å². The first kappa shape index (κ1) is 41.5. The van der Waals surface area contributed by atoms with Crippen molar-refractivity contribution < 1.29 is 0 Å². The second-order valence-electron chi connectivity index (χ2n) is 22.3. The molecule has 5 heteroatoms. The fourth-order valence-corrected chi connectivity index (χ4v) is 10.2. The summed E-state index contributed by atoms with van der Waals surface area (Å²) in [5.74, 6) is 0. The van der Waals surface area contributed by atoms with E-state index >= 15 is 0 Å². The number of hydrogen-bond donors (Lipinski definition) is 0. The van der Waals surface area contributed by atoms with E-state index in [4.69, 9.17) is 0 Å². The molecule has 2 aliphatic rings. The van der Waals surface area contributed by atoms with Gasteiger partial charge < -0.3 is 14.4 Å². The molecule has 8 aromatic rings. The molecule has 0 radical (unpaired) electrons. The fraction of sp³-hybridized carbons (Fsp3) is 0.271. The smallest absolute Gasteiger partial charge is 0.252 e. The zero-order valence-electron chi connectivity index (χ0n) is 39.6. The molecular formula is C59H59BN4. The van der Waals surface area contributed by atoms with Crippen molar-refractivity contribution in [1.82, 2.24) is 4.57 Å². The average Bonchev–Trinajstić information content (AvgIpc) is 3.58. The molecule has 0 amide bonds. The van der Waals surface area contributed by atoms with E-state index in [9.17, 15) is 5.26 Å². The minimum Gasteiger partial charge on any atom is -0.311 e. The Morgan fingerprint density at radius 1 is 0.406 bits per heavy atom. The highest BCUT2D eigenvalue weighted by Crippen LogP contribution is 2.47. The topological polar surface area (TPSA) is 35.2 Å². The van der Waals surface area contributed by atoms with Crippen LogP contribution in [0.2, 0.25) is 0 Å². The predicted molar refractivity (Wildman–Crippen MR) is 274 cm³/mol. The molecule has 10 rings (SSSR count). The second kappa shape index (κ2) is 14.3. The van der Waals surface area contributed by atoms with Crippen LogP contribution in [0.5, 0.6) is 0 Å². The molecule has 318 valence electrons. The van der Waals surface area contributed by atoms with E-state index in [0.717, 1.165) is 38.9 Å². The quantitative estimate of drug-likeness (QED) is 0.166. The first-order valence-corrected chi connectivity index (χ1v) is 22.9. The first-order valence-electron chi connectivity index (χ1n) is 22.9. The highest BCUT2D eigenvalue weighted by Gasteiger charge is 2.45. The van der Waals surface area contributed by atoms with Gasteiger partial charge in [0.1, 0.15) is 0 Å². The molecule has 0 spiro atoms. The first-order chi connectivity index (χ1) is 30.2. The maximum atomic E-state index is 10.0. The van der Waals surface area contributed by atoms with Gasteiger partial charge in [-0.3, -0.25) is 0 Å². The van der Waals surface area contributed by atoms with E-state index in [1.165, 1.54) is 61.4 Å². The third-order valence-electron chi connectivity index (χ3n) is 13.8. The van der Waals surface area contributed by atoms with Crippen LogP contribution in [-0.2, 0) is 21.7 Å². The Bertz CT molecular complexity index is 3060. The van der Waals surface area contributed by atoms with Crippen LogP contribution in [0.4, 0.5) is 34.1 Å². The number of anilines is 6. The number of rotatable bonds is 3. The van der Waals surface area contributed by atoms with Crippen LogP contribution >= 0.6 is 0 Å². The Labute approximate surface area is 380 Å². The number of benzene rings is 7. The zero-order chi connectivity index (χ0) is 45.2. The maximum absolute atomic E-state index is 10.0. The van der Waals surface area contributed by atoms with E-state index in [1.54, 1.807) is 0 Å². The Morgan fingerprint density at radius 2 is 0.844 bits per heavy atom. The highest BCUT2D eigenvalue weighted by molar-refractivity contribution is 7.00. The van der Waals surface area contributed by atoms with Crippen LogP contribution in [0.3, 0.4) is 0 Å². The van der Waals surface area contributed by atoms with Crippen molar-refractivity contribution in [2.45, 2.75) is 105 Å². The van der Waals surface area contributed by atoms with Crippen LogP contribution in [0.15, 0.2) is 140 Å². The number of fused-ring (bicyclic) bond motifs is 7. The lowest BCUT2D eigenvalue weighted by Gasteiger charge is -2.45. The van der Waals surface area contributed by atoms with Crippen molar-refractivity contribution in [3.63, 3.8) is 0 Å². The second-order valence-corrected chi connectivity index (χ2v) is 22.3. The molecule has 0 saturated heterocycles. The zero-order valence-corrected chi connectivity index (χ0v) is 39.6. The summed E-state index contributed by atoms with van der Waals surface area (Å²) in [5.41, 5.74) is 20.1. The summed E-state index contributed by atoms with van der Waals surface area (Å²) in [7, 11) is 0. The van der Waals surface area contributed by atoms with Gasteiger partial charge in [-0.05, 0) is 133 Å². The van der Waals surface area contributed by atoms with Gasteiger partial charge >= 0.3 is 0 Å². The summed E-state index contributed by atoms with van der Waals surface area (Å²) in [6, 6.07) is 55.1. The summed E-state index contributed by atoms with van der Waals surface area (Å²) in [6.07, 6.45) is 0. The molecule has 0 saturated carbocycles. The van der Waals surface area contributed by atoms with Crippen molar-refractivity contribution in [2.24, 2.45) is 0 Å². The Kier molecular flexibility index (Phi) is 9.24. The van der Waals surface area contributed by atoms with Gasteiger partial charge in [0.15, 0.2) is 0 Å². The van der Waals surface area contributed by atoms with Crippen LogP contribution < -0.4 is 26.2 Å². The lowest BCUT2D eigenvalue weighted by Crippen LogP contribution is -2.61. The molecule has 0 atom stereocenters. The SMILES string of the molecule is CC(C)(C)c1ccc(N2c3ccc(C(C)(C)C)cc3B3c4cc(C(C)(C)C)ccc4N(c4ccc(C(C)(C)C)cc4)c4cc(-n5c6ccccc6c6cc(C#N)ccc65)cc2c43)cc1. The molecule has 0 N–H and O–H groups in total. The third kappa shape index (κ3) is 6.64. The highest BCUT2D eigenvalue weighted by atomic mass is 15.2. The predicted octanol–water partition coefficient (Wildman–Crippen LogP) is 13.9. The van der Waals surface area contributed by atoms with Crippen molar-refractivity contribution in [3.05, 3.63) is 167 Å². The molecule has 3 heterocycles. The van der Waals surface area contributed by atoms with Gasteiger partial charge in [0, 0.05) is 44.9 Å². The van der Waals surface area contributed by atoms with Gasteiger partial charge in [0.2, 0.25) is 0 Å². The van der Waals surface area contributed by atoms with Crippen LogP contribution in [0, 0.1) is 11.3 Å². The summed E-state index contributed by atoms with van der Waals surface area (Å²) in [6.45, 7) is 27.6. The minimum atomic E-state index is -0.0469. The van der Waals surface area contributed by atoms with Gasteiger partial charge in [-0.1, -0.05) is 150 Å². The van der Waals surface area contributed by atoms with Gasteiger partial charge in [0.25, 0.3) is 6.71 Å². The molecule has 0 bridgehead atoms. The monoisotopic (exact) mass is 834 g/mol. The number of aromatic nitrogens is 1. The molecular weight excluding hydrogens is 775 g/mol. The van der Waals surface area contributed by atoms with Crippen LogP contribution in [0.1, 0.15) is 111 Å². The summed E-state index contributed by atoms with van der Waals surface area (Å²) in [4.78, 5) is 5.07. The average molecular weight is 835 g/mol. The van der Waals surface area contributed by atoms with Gasteiger partial charge in [-0.2, -0.15) is 5.26 Å². The molecule has 0 aliphatic carbocycles. The van der Waals surface area contributed by atoms with Gasteiger partial charge in [-0.25, -0.2) is 0 Å². The molecule has 4 nitrogen and oxygen atoms in total. The van der Waals surface area contributed by atoms with E-state index in [-0.39, 0.29) is 28.4 Å². The van der Waals surface area contributed by atoms with Gasteiger partial charge in [-0.15, -0.1) is 0 Å². The minimum absolute atomic E-state index is 0.0174. The van der Waals surface area contributed by atoms with Gasteiger partial charge in [0.05, 0.1) is 28.4 Å². The maximum Gasteiger partial charge on any atom is 0.252 e. The van der Waals surface area contributed by atoms with E-state index < -0.39 is 0 Å². The number of hydrogen-bond acceptors (Lipinski definition) is 3. The van der Waals surface area contributed by atoms with Crippen molar-refractivity contribution >= 4 is 79.0 Å². The summed E-state index contributed by atoms with van der Waals surface area (Å²) >= 11 is 0. The molecule has 2 aliphatic heterocycles. The van der Waals surface area contributed by atoms with E-state index in [0.29, 0.717) is 5.56 Å². The van der Waals surface area contributed by atoms with E-state index in [2.05, 4.69) is 231 Å². The standard InChI is InChI=1S/C59H59BN4/c1-56(2,3)38-18-24-42(25-19-38)62-51-29-22-40(58(7,8)9)32-47(51)60-48-33-41(59(10,11)12)23-30-52(48)63(43-26-20-39(21-27-43)57(4,5)6)54-35-44(34-53(62)55(54)60)64-49-16-14-13-15-45(49)46-31-37(36-61)17-28-50(46)64/h13-35H,1-12H3. The molecule has 1 aromatic heterocycles. The normalized spacial score (nSPS) is 13.8. The van der Waals surface area contributed by atoms with Crippen molar-refractivity contribution in [2.75, 3.05) is 9.80 Å². The van der Waals surface area contributed by atoms with Crippen LogP contribution in [-0.4, -0.2) is 11.3 Å². The lowest BCUT2D eigenvalue weighted by molar-refractivity contribution is 0.590. The Hall–Kier alpha value is -6.51.